The zero-order valence-corrected chi connectivity index (χ0v) is 25.8. The van der Waals surface area contributed by atoms with Crippen LogP contribution in [0.25, 0.3) is 0 Å². The molecule has 1 aliphatic heterocycles. The van der Waals surface area contributed by atoms with E-state index in [4.69, 9.17) is 5.73 Å². The third-order valence-corrected chi connectivity index (χ3v) is 7.82. The maximum atomic E-state index is 13.5. The van der Waals surface area contributed by atoms with Crippen LogP contribution in [0.15, 0.2) is 30.3 Å². The van der Waals surface area contributed by atoms with Crippen LogP contribution in [0.5, 0.6) is 0 Å². The number of hydrogen-bond donors (Lipinski definition) is 5. The zero-order valence-electron chi connectivity index (χ0n) is 25.8. The average Bonchev–Trinajstić information content (AvgIpc) is 3.43. The van der Waals surface area contributed by atoms with Gasteiger partial charge in [0.15, 0.2) is 0 Å². The highest BCUT2D eigenvalue weighted by molar-refractivity contribution is 5.95. The summed E-state index contributed by atoms with van der Waals surface area (Å²) in [5.74, 6) is -3.64. The molecule has 0 unspecified atom stereocenters. The molecule has 4 amide bonds. The molecule has 11 nitrogen and oxygen atoms in total. The first kappa shape index (κ1) is 34.7. The van der Waals surface area contributed by atoms with Crippen molar-refractivity contribution in [1.82, 2.24) is 20.9 Å². The van der Waals surface area contributed by atoms with Crippen LogP contribution in [0.1, 0.15) is 72.8 Å². The Kier molecular flexibility index (Phi) is 13.4. The van der Waals surface area contributed by atoms with Gasteiger partial charge in [-0.2, -0.15) is 0 Å². The number of nitrogens with one attached hydrogen (secondary N) is 3. The monoisotopic (exact) mass is 587 g/mol. The molecule has 1 aliphatic rings. The lowest BCUT2D eigenvalue weighted by Gasteiger charge is -2.31. The number of amides is 4. The van der Waals surface area contributed by atoms with Gasteiger partial charge in [-0.3, -0.25) is 19.2 Å². The summed E-state index contributed by atoms with van der Waals surface area (Å²) < 4.78 is 0. The van der Waals surface area contributed by atoms with E-state index < -0.39 is 53.9 Å². The van der Waals surface area contributed by atoms with Crippen LogP contribution in [0.4, 0.5) is 0 Å². The lowest BCUT2D eigenvalue weighted by atomic mass is 9.96. The predicted octanol–water partition coefficient (Wildman–Crippen LogP) is 1.83. The van der Waals surface area contributed by atoms with Crippen molar-refractivity contribution < 1.29 is 29.1 Å². The second-order valence-electron chi connectivity index (χ2n) is 12.1. The highest BCUT2D eigenvalue weighted by Gasteiger charge is 2.39. The van der Waals surface area contributed by atoms with Gasteiger partial charge in [-0.1, -0.05) is 78.3 Å². The van der Waals surface area contributed by atoms with Crippen molar-refractivity contribution in [2.24, 2.45) is 23.5 Å². The molecule has 6 atom stereocenters. The maximum Gasteiger partial charge on any atom is 0.326 e. The number of carbonyl (C=O) groups is 5. The predicted molar refractivity (Wildman–Crippen MR) is 160 cm³/mol. The number of benzene rings is 1. The molecule has 42 heavy (non-hydrogen) atoms. The van der Waals surface area contributed by atoms with Crippen molar-refractivity contribution in [3.63, 3.8) is 0 Å². The lowest BCUT2D eigenvalue weighted by Crippen LogP contribution is -2.60. The van der Waals surface area contributed by atoms with Gasteiger partial charge in [0.1, 0.15) is 24.2 Å². The highest BCUT2D eigenvalue weighted by Crippen LogP contribution is 2.20. The van der Waals surface area contributed by atoms with Crippen LogP contribution in [-0.4, -0.2) is 76.4 Å². The number of carbonyl (C=O) groups excluding carboxylic acids is 4. The smallest absolute Gasteiger partial charge is 0.326 e. The van der Waals surface area contributed by atoms with Gasteiger partial charge in [0.25, 0.3) is 0 Å². The Bertz CT molecular complexity index is 1080. The van der Waals surface area contributed by atoms with Crippen LogP contribution >= 0.6 is 0 Å². The fourth-order valence-corrected chi connectivity index (χ4v) is 5.15. The number of nitrogens with two attached hydrogens (primary N) is 1. The highest BCUT2D eigenvalue weighted by atomic mass is 16.4. The summed E-state index contributed by atoms with van der Waals surface area (Å²) in [6, 6.07) is 4.84. The van der Waals surface area contributed by atoms with Gasteiger partial charge in [-0.25, -0.2) is 4.79 Å². The summed E-state index contributed by atoms with van der Waals surface area (Å²) in [7, 11) is 0. The van der Waals surface area contributed by atoms with E-state index in [9.17, 15) is 29.1 Å². The van der Waals surface area contributed by atoms with Gasteiger partial charge in [-0.05, 0) is 49.0 Å². The van der Waals surface area contributed by atoms with E-state index in [-0.39, 0.29) is 30.1 Å². The Hall–Kier alpha value is -3.47. The first-order valence-corrected chi connectivity index (χ1v) is 15.0. The zero-order chi connectivity index (χ0) is 31.6. The summed E-state index contributed by atoms with van der Waals surface area (Å²) in [6.45, 7) is 11.3. The molecule has 1 saturated heterocycles. The van der Waals surface area contributed by atoms with Crippen molar-refractivity contribution in [2.75, 3.05) is 6.54 Å². The minimum Gasteiger partial charge on any atom is -0.480 e. The minimum atomic E-state index is -1.16. The summed E-state index contributed by atoms with van der Waals surface area (Å²) in [5, 5.41) is 17.7. The molecule has 6 N–H and O–H groups in total. The average molecular weight is 588 g/mol. The number of nitrogens with zero attached hydrogens (tertiary/aromatic N) is 1. The first-order valence-electron chi connectivity index (χ1n) is 15.0. The topological polar surface area (TPSA) is 171 Å². The molecule has 234 valence electrons. The van der Waals surface area contributed by atoms with E-state index in [1.54, 1.807) is 13.8 Å². The van der Waals surface area contributed by atoms with Crippen molar-refractivity contribution >= 4 is 29.6 Å². The number of hydrogen-bond acceptors (Lipinski definition) is 6. The fourth-order valence-electron chi connectivity index (χ4n) is 5.15. The summed E-state index contributed by atoms with van der Waals surface area (Å²) in [5.41, 5.74) is 7.17. The van der Waals surface area contributed by atoms with Crippen molar-refractivity contribution in [2.45, 2.75) is 104 Å². The minimum absolute atomic E-state index is 0.0261. The van der Waals surface area contributed by atoms with Crippen LogP contribution in [0, 0.1) is 17.8 Å². The second-order valence-corrected chi connectivity index (χ2v) is 12.1. The largest absolute Gasteiger partial charge is 0.480 e. The molecule has 0 saturated carbocycles. The van der Waals surface area contributed by atoms with E-state index >= 15 is 0 Å². The van der Waals surface area contributed by atoms with Gasteiger partial charge in [-0.15, -0.1) is 0 Å². The normalized spacial score (nSPS) is 18.6. The molecule has 0 radical (unpaired) electrons. The standard InChI is InChI=1S/C31H49N5O6/c1-7-20(6)26(29(39)33-23(16-18(2)3)27(37)34-25(19(4)5)31(41)42)35-28(38)24-14-11-15-36(24)30(40)22(32)17-21-12-9-8-10-13-21/h8-10,12-13,18-20,22-26H,7,11,14-17,32H2,1-6H3,(H,33,39)(H,34,37)(H,35,38)(H,41,42)/t20-,22-,23-,24-,25-,26-/m0/s1. The van der Waals surface area contributed by atoms with Crippen LogP contribution in [0.3, 0.4) is 0 Å². The van der Waals surface area contributed by atoms with Gasteiger partial charge in [0, 0.05) is 6.54 Å². The quantitative estimate of drug-likeness (QED) is 0.208. The van der Waals surface area contributed by atoms with E-state index in [1.807, 2.05) is 58.0 Å². The number of likely N-dealkylation sites (tertiary alicyclic amines) is 1. The molecule has 1 aromatic carbocycles. The summed E-state index contributed by atoms with van der Waals surface area (Å²) >= 11 is 0. The molecule has 2 rings (SSSR count). The van der Waals surface area contributed by atoms with E-state index in [0.29, 0.717) is 32.2 Å². The van der Waals surface area contributed by atoms with Crippen LogP contribution < -0.4 is 21.7 Å². The SMILES string of the molecule is CC[C@H](C)[C@H](NC(=O)[C@@H]1CCCN1C(=O)[C@@H](N)Cc1ccccc1)C(=O)N[C@@H](CC(C)C)C(=O)N[C@H](C(=O)O)C(C)C. The van der Waals surface area contributed by atoms with Crippen molar-refractivity contribution in [1.29, 1.82) is 0 Å². The molecule has 1 fully saturated rings. The number of rotatable bonds is 15. The molecule has 11 heteroatoms. The molecule has 0 spiro atoms. The molecule has 0 aromatic heterocycles. The Morgan fingerprint density at radius 3 is 2.14 bits per heavy atom. The molecule has 1 aromatic rings. The number of carboxylic acid groups (broad SMARTS) is 1. The first-order chi connectivity index (χ1) is 19.8. The second kappa shape index (κ2) is 16.2. The Balaban J connectivity index is 2.16. The van der Waals surface area contributed by atoms with Crippen LogP contribution in [0.2, 0.25) is 0 Å². The van der Waals surface area contributed by atoms with E-state index in [0.717, 1.165) is 5.56 Å². The van der Waals surface area contributed by atoms with Gasteiger partial charge in [0.05, 0.1) is 6.04 Å². The summed E-state index contributed by atoms with van der Waals surface area (Å²) in [6.07, 6.45) is 2.30. The van der Waals surface area contributed by atoms with Crippen molar-refractivity contribution in [3.05, 3.63) is 35.9 Å². The van der Waals surface area contributed by atoms with Gasteiger partial charge < -0.3 is 31.7 Å². The van der Waals surface area contributed by atoms with E-state index in [2.05, 4.69) is 16.0 Å². The van der Waals surface area contributed by atoms with Gasteiger partial charge >= 0.3 is 5.97 Å². The summed E-state index contributed by atoms with van der Waals surface area (Å²) in [4.78, 5) is 66.5. The lowest BCUT2D eigenvalue weighted by molar-refractivity contribution is -0.143. The Morgan fingerprint density at radius 2 is 1.60 bits per heavy atom. The third kappa shape index (κ3) is 9.82. The Labute approximate surface area is 249 Å². The van der Waals surface area contributed by atoms with Crippen molar-refractivity contribution in [3.8, 4) is 0 Å². The molecular weight excluding hydrogens is 538 g/mol. The van der Waals surface area contributed by atoms with Crippen LogP contribution in [-0.2, 0) is 30.4 Å². The third-order valence-electron chi connectivity index (χ3n) is 7.82. The molecule has 0 aliphatic carbocycles. The Morgan fingerprint density at radius 1 is 0.952 bits per heavy atom. The molecular formula is C31H49N5O6. The molecule has 0 bridgehead atoms. The van der Waals surface area contributed by atoms with Gasteiger partial charge in [0.2, 0.25) is 23.6 Å². The number of carboxylic acids is 1. The number of aliphatic carboxylic acids is 1. The fraction of sp³-hybridized carbons (Fsp3) is 0.645. The maximum absolute atomic E-state index is 13.5. The van der Waals surface area contributed by atoms with E-state index in [1.165, 1.54) is 4.90 Å². The molecule has 1 heterocycles.